The quantitative estimate of drug-likeness (QED) is 0.494. The van der Waals surface area contributed by atoms with Crippen LogP contribution in [0.4, 0.5) is 13.2 Å². The average molecular weight is 486 g/mol. The Hall–Kier alpha value is -3.95. The zero-order valence-electron chi connectivity index (χ0n) is 18.3. The smallest absolute Gasteiger partial charge is 0.489 e. The van der Waals surface area contributed by atoms with E-state index in [0.29, 0.717) is 22.5 Å². The molecule has 0 saturated carbocycles. The minimum atomic E-state index is -4.85. The van der Waals surface area contributed by atoms with Crippen LogP contribution in [-0.4, -0.2) is 36.6 Å². The van der Waals surface area contributed by atoms with E-state index in [-0.39, 0.29) is 18.8 Å². The van der Waals surface area contributed by atoms with Crippen molar-refractivity contribution < 1.29 is 41.5 Å². The van der Waals surface area contributed by atoms with Crippen molar-refractivity contribution >= 4 is 18.5 Å². The third-order valence-electron chi connectivity index (χ3n) is 5.21. The number of hydrogen-bond acceptors (Lipinski definition) is 7. The van der Waals surface area contributed by atoms with E-state index in [1.165, 1.54) is 13.2 Å². The molecule has 3 aromatic rings. The minimum Gasteiger partial charge on any atom is -0.489 e. The van der Waals surface area contributed by atoms with Gasteiger partial charge in [-0.05, 0) is 55.0 Å². The monoisotopic (exact) mass is 486 g/mol. The molecule has 0 radical (unpaired) electrons. The molecule has 0 spiro atoms. The molecular formula is C23H18BF3N2O6. The first-order valence-electron chi connectivity index (χ1n) is 10.3. The predicted molar refractivity (Wildman–Crippen MR) is 117 cm³/mol. The molecule has 0 aliphatic carbocycles. The van der Waals surface area contributed by atoms with Gasteiger partial charge in [0.1, 0.15) is 23.9 Å². The van der Waals surface area contributed by atoms with Gasteiger partial charge < -0.3 is 28.9 Å². The molecule has 1 amide bonds. The molecule has 35 heavy (non-hydrogen) atoms. The van der Waals surface area contributed by atoms with E-state index in [4.69, 9.17) is 13.8 Å². The number of nitrogens with zero attached hydrogens (tertiary/aromatic N) is 1. The summed E-state index contributed by atoms with van der Waals surface area (Å²) < 4.78 is 57.5. The number of ether oxygens (including phenoxy) is 2. The molecule has 0 bridgehead atoms. The number of amides is 1. The van der Waals surface area contributed by atoms with E-state index in [2.05, 4.69) is 10.1 Å². The number of fused-ring (bicyclic) bond motifs is 1. The molecular weight excluding hydrogens is 468 g/mol. The van der Waals surface area contributed by atoms with Crippen molar-refractivity contribution in [1.29, 1.82) is 5.26 Å². The summed E-state index contributed by atoms with van der Waals surface area (Å²) >= 11 is 0. The molecule has 1 aliphatic heterocycles. The van der Waals surface area contributed by atoms with Crippen molar-refractivity contribution in [2.75, 3.05) is 6.61 Å². The molecule has 1 atom stereocenters. The van der Waals surface area contributed by atoms with Gasteiger partial charge in [0.15, 0.2) is 5.54 Å². The van der Waals surface area contributed by atoms with E-state index >= 15 is 0 Å². The largest absolute Gasteiger partial charge is 0.573 e. The van der Waals surface area contributed by atoms with Crippen molar-refractivity contribution in [1.82, 2.24) is 5.32 Å². The van der Waals surface area contributed by atoms with Crippen LogP contribution in [0.25, 0.3) is 11.3 Å². The molecule has 1 aromatic heterocycles. The summed E-state index contributed by atoms with van der Waals surface area (Å²) in [4.78, 5) is 12.6. The number of furan rings is 1. The van der Waals surface area contributed by atoms with Crippen molar-refractivity contribution in [2.24, 2.45) is 0 Å². The van der Waals surface area contributed by atoms with Gasteiger partial charge >= 0.3 is 13.5 Å². The second-order valence-corrected chi connectivity index (χ2v) is 7.91. The van der Waals surface area contributed by atoms with Gasteiger partial charge in [-0.15, -0.1) is 13.2 Å². The average Bonchev–Trinajstić information content (AvgIpc) is 3.47. The number of alkyl halides is 3. The summed E-state index contributed by atoms with van der Waals surface area (Å²) in [5.74, 6) is -0.452. The molecule has 12 heteroatoms. The van der Waals surface area contributed by atoms with Gasteiger partial charge in [-0.1, -0.05) is 6.07 Å². The molecule has 0 fully saturated rings. The SMILES string of the molecule is CC(C#N)(COc1ccc2c(c1-c1ccco1)B(O)OC2)NC(=O)c1ccc(OC(F)(F)F)cc1. The molecule has 0 saturated heterocycles. The molecule has 180 valence electrons. The molecule has 2 N–H and O–H groups in total. The number of hydrogen-bond donors (Lipinski definition) is 2. The first-order chi connectivity index (χ1) is 16.6. The highest BCUT2D eigenvalue weighted by Crippen LogP contribution is 2.33. The number of halogens is 3. The van der Waals surface area contributed by atoms with Gasteiger partial charge in [-0.3, -0.25) is 4.79 Å². The molecule has 2 heterocycles. The van der Waals surface area contributed by atoms with Crippen LogP contribution in [0.15, 0.2) is 59.2 Å². The third kappa shape index (κ3) is 5.42. The maximum Gasteiger partial charge on any atom is 0.573 e. The summed E-state index contributed by atoms with van der Waals surface area (Å²) in [5, 5.41) is 22.5. The highest BCUT2D eigenvalue weighted by atomic mass is 19.4. The van der Waals surface area contributed by atoms with E-state index in [1.54, 1.807) is 24.3 Å². The van der Waals surface area contributed by atoms with Crippen LogP contribution < -0.4 is 20.3 Å². The summed E-state index contributed by atoms with van der Waals surface area (Å²) in [6.07, 6.45) is -3.39. The Morgan fingerprint density at radius 3 is 2.60 bits per heavy atom. The fourth-order valence-electron chi connectivity index (χ4n) is 3.55. The van der Waals surface area contributed by atoms with Gasteiger partial charge in [-0.25, -0.2) is 0 Å². The van der Waals surface area contributed by atoms with Crippen molar-refractivity contribution in [3.05, 3.63) is 65.9 Å². The van der Waals surface area contributed by atoms with Gasteiger partial charge in [-0.2, -0.15) is 5.26 Å². The Bertz CT molecular complexity index is 1260. The zero-order valence-corrected chi connectivity index (χ0v) is 18.3. The first-order valence-corrected chi connectivity index (χ1v) is 10.3. The molecule has 2 aromatic carbocycles. The first kappa shape index (κ1) is 24.2. The number of carbonyl (C=O) groups is 1. The lowest BCUT2D eigenvalue weighted by Crippen LogP contribution is -2.49. The lowest BCUT2D eigenvalue weighted by atomic mass is 9.75. The highest BCUT2D eigenvalue weighted by Gasteiger charge is 2.35. The normalized spacial score (nSPS) is 14.6. The van der Waals surface area contributed by atoms with E-state index in [1.807, 2.05) is 6.07 Å². The number of benzene rings is 2. The van der Waals surface area contributed by atoms with Crippen LogP contribution in [-0.2, 0) is 11.3 Å². The second kappa shape index (κ2) is 9.36. The fraction of sp³-hybridized carbons (Fsp3) is 0.217. The van der Waals surface area contributed by atoms with Crippen molar-refractivity contribution in [2.45, 2.75) is 25.4 Å². The standard InChI is InChI=1S/C23H18BF3N2O6/c1-22(12-28,29-21(30)14-4-7-16(8-5-14)35-23(25,26)27)13-33-18-9-6-15-11-34-24(31)20(15)19(18)17-3-2-10-32-17/h2-10,31H,11,13H2,1H3,(H,29,30). The van der Waals surface area contributed by atoms with E-state index < -0.39 is 30.7 Å². The highest BCUT2D eigenvalue weighted by molar-refractivity contribution is 6.63. The second-order valence-electron chi connectivity index (χ2n) is 7.91. The lowest BCUT2D eigenvalue weighted by Gasteiger charge is -2.24. The molecule has 4 rings (SSSR count). The number of nitriles is 1. The summed E-state index contributed by atoms with van der Waals surface area (Å²) in [6.45, 7) is 1.36. The summed E-state index contributed by atoms with van der Waals surface area (Å²) in [7, 11) is -1.18. The molecule has 8 nitrogen and oxygen atoms in total. The molecule has 1 aliphatic rings. The topological polar surface area (TPSA) is 114 Å². The fourth-order valence-corrected chi connectivity index (χ4v) is 3.55. The van der Waals surface area contributed by atoms with Crippen molar-refractivity contribution in [3.8, 4) is 28.9 Å². The number of rotatable bonds is 7. The van der Waals surface area contributed by atoms with Crippen LogP contribution in [0.3, 0.4) is 0 Å². The van der Waals surface area contributed by atoms with Crippen LogP contribution in [0.5, 0.6) is 11.5 Å². The number of nitrogens with one attached hydrogen (secondary N) is 1. The Labute approximate surface area is 198 Å². The predicted octanol–water partition coefficient (Wildman–Crippen LogP) is 3.15. The Morgan fingerprint density at radius 1 is 1.23 bits per heavy atom. The van der Waals surface area contributed by atoms with Gasteiger partial charge in [0, 0.05) is 11.0 Å². The maximum absolute atomic E-state index is 12.6. The van der Waals surface area contributed by atoms with Crippen molar-refractivity contribution in [3.63, 3.8) is 0 Å². The van der Waals surface area contributed by atoms with Crippen LogP contribution >= 0.6 is 0 Å². The van der Waals surface area contributed by atoms with Gasteiger partial charge in [0.25, 0.3) is 5.91 Å². The van der Waals surface area contributed by atoms with Crippen LogP contribution in [0, 0.1) is 11.3 Å². The Balaban J connectivity index is 1.51. The third-order valence-corrected chi connectivity index (χ3v) is 5.21. The Kier molecular flexibility index (Phi) is 6.47. The minimum absolute atomic E-state index is 0.0232. The number of carbonyl (C=O) groups excluding carboxylic acids is 1. The van der Waals surface area contributed by atoms with E-state index in [9.17, 15) is 28.3 Å². The zero-order chi connectivity index (χ0) is 25.2. The summed E-state index contributed by atoms with van der Waals surface area (Å²) in [5.41, 5.74) is 0.221. The van der Waals surface area contributed by atoms with Gasteiger partial charge in [0.05, 0.1) is 24.5 Å². The van der Waals surface area contributed by atoms with E-state index in [0.717, 1.165) is 29.8 Å². The lowest BCUT2D eigenvalue weighted by molar-refractivity contribution is -0.274. The Morgan fingerprint density at radius 2 is 1.97 bits per heavy atom. The van der Waals surface area contributed by atoms with Gasteiger partial charge in [0.2, 0.25) is 0 Å². The summed E-state index contributed by atoms with van der Waals surface area (Å²) in [6, 6.07) is 13.0. The molecule has 1 unspecified atom stereocenters. The maximum atomic E-state index is 12.6. The van der Waals surface area contributed by atoms with Crippen LogP contribution in [0.2, 0.25) is 0 Å². The van der Waals surface area contributed by atoms with Crippen LogP contribution in [0.1, 0.15) is 22.8 Å².